The van der Waals surface area contributed by atoms with Crippen molar-refractivity contribution in [3.05, 3.63) is 24.3 Å². The third kappa shape index (κ3) is 3.04. The molecule has 1 amide bonds. The van der Waals surface area contributed by atoms with Crippen LogP contribution in [-0.4, -0.2) is 69.6 Å². The Morgan fingerprint density at radius 3 is 2.45 bits per heavy atom. The van der Waals surface area contributed by atoms with Crippen molar-refractivity contribution in [2.45, 2.75) is 6.04 Å². The number of hydrogen-bond donors (Lipinski definition) is 0. The van der Waals surface area contributed by atoms with Crippen LogP contribution in [-0.2, 0) is 4.79 Å². The van der Waals surface area contributed by atoms with Gasteiger partial charge in [-0.25, -0.2) is 0 Å². The van der Waals surface area contributed by atoms with E-state index in [1.165, 1.54) is 0 Å². The fourth-order valence-corrected chi connectivity index (χ4v) is 2.47. The Morgan fingerprint density at radius 1 is 1.25 bits per heavy atom. The highest BCUT2D eigenvalue weighted by molar-refractivity contribution is 5.82. The molecule has 1 atom stereocenters. The summed E-state index contributed by atoms with van der Waals surface area (Å²) in [6, 6.07) is 7.91. The standard InChI is InChI=1S/C15H23N3O2/c1-16(2)15(19)14-11-18(10-9-17(14)3)12-5-7-13(20-4)8-6-12/h5-8,14H,9-11H2,1-4H3/t14-/m1/s1. The van der Waals surface area contributed by atoms with Crippen molar-refractivity contribution in [1.29, 1.82) is 0 Å². The summed E-state index contributed by atoms with van der Waals surface area (Å²) in [5, 5.41) is 0. The number of anilines is 1. The zero-order chi connectivity index (χ0) is 14.7. The molecule has 0 aromatic heterocycles. The number of ether oxygens (including phenoxy) is 1. The minimum Gasteiger partial charge on any atom is -0.497 e. The summed E-state index contributed by atoms with van der Waals surface area (Å²) in [5.41, 5.74) is 1.13. The molecule has 0 radical (unpaired) electrons. The first-order valence-corrected chi connectivity index (χ1v) is 6.83. The number of methoxy groups -OCH3 is 1. The number of rotatable bonds is 3. The van der Waals surface area contributed by atoms with Gasteiger partial charge in [-0.3, -0.25) is 9.69 Å². The molecule has 0 unspecified atom stereocenters. The van der Waals surface area contributed by atoms with Crippen LogP contribution in [0, 0.1) is 0 Å². The van der Waals surface area contributed by atoms with E-state index >= 15 is 0 Å². The summed E-state index contributed by atoms with van der Waals surface area (Å²) in [5.74, 6) is 1.01. The number of carbonyl (C=O) groups excluding carboxylic acids is 1. The topological polar surface area (TPSA) is 36.0 Å². The highest BCUT2D eigenvalue weighted by Crippen LogP contribution is 2.22. The molecule has 0 N–H and O–H groups in total. The molecule has 1 aromatic rings. The van der Waals surface area contributed by atoms with Crippen LogP contribution >= 0.6 is 0 Å². The molecule has 0 bridgehead atoms. The van der Waals surface area contributed by atoms with Gasteiger partial charge in [0.2, 0.25) is 5.91 Å². The molecule has 1 fully saturated rings. The molecule has 110 valence electrons. The number of nitrogens with zero attached hydrogens (tertiary/aromatic N) is 3. The average molecular weight is 277 g/mol. The molecular formula is C15H23N3O2. The lowest BCUT2D eigenvalue weighted by Gasteiger charge is -2.40. The first-order valence-electron chi connectivity index (χ1n) is 6.83. The highest BCUT2D eigenvalue weighted by Gasteiger charge is 2.31. The average Bonchev–Trinajstić information content (AvgIpc) is 2.47. The molecule has 1 aliphatic rings. The molecular weight excluding hydrogens is 254 g/mol. The van der Waals surface area contributed by atoms with E-state index < -0.39 is 0 Å². The SMILES string of the molecule is COc1ccc(N2CCN(C)[C@@H](C(=O)N(C)C)C2)cc1. The van der Waals surface area contributed by atoms with Crippen molar-refractivity contribution in [1.82, 2.24) is 9.80 Å². The summed E-state index contributed by atoms with van der Waals surface area (Å²) in [4.78, 5) is 18.3. The summed E-state index contributed by atoms with van der Waals surface area (Å²) in [6.45, 7) is 2.54. The van der Waals surface area contributed by atoms with Crippen LogP contribution in [0.25, 0.3) is 0 Å². The lowest BCUT2D eigenvalue weighted by molar-refractivity contribution is -0.134. The van der Waals surface area contributed by atoms with Crippen LogP contribution in [0.1, 0.15) is 0 Å². The van der Waals surface area contributed by atoms with E-state index in [0.717, 1.165) is 31.1 Å². The second-order valence-corrected chi connectivity index (χ2v) is 5.37. The second-order valence-electron chi connectivity index (χ2n) is 5.37. The van der Waals surface area contributed by atoms with E-state index in [1.54, 1.807) is 12.0 Å². The molecule has 0 aliphatic carbocycles. The maximum absolute atomic E-state index is 12.2. The minimum atomic E-state index is -0.0825. The molecule has 1 heterocycles. The van der Waals surface area contributed by atoms with E-state index in [2.05, 4.69) is 9.80 Å². The predicted octanol–water partition coefficient (Wildman–Crippen LogP) is 0.904. The zero-order valence-corrected chi connectivity index (χ0v) is 12.7. The number of likely N-dealkylation sites (N-methyl/N-ethyl adjacent to an activating group) is 2. The first-order chi connectivity index (χ1) is 9.52. The van der Waals surface area contributed by atoms with Gasteiger partial charge in [-0.15, -0.1) is 0 Å². The van der Waals surface area contributed by atoms with Crippen molar-refractivity contribution in [3.8, 4) is 5.75 Å². The van der Waals surface area contributed by atoms with Gasteiger partial charge in [-0.1, -0.05) is 0 Å². The summed E-state index contributed by atoms with van der Waals surface area (Å²) in [6.07, 6.45) is 0. The van der Waals surface area contributed by atoms with E-state index in [-0.39, 0.29) is 11.9 Å². The monoisotopic (exact) mass is 277 g/mol. The summed E-state index contributed by atoms with van der Waals surface area (Å²) < 4.78 is 5.18. The van der Waals surface area contributed by atoms with E-state index in [9.17, 15) is 4.79 Å². The number of benzene rings is 1. The van der Waals surface area contributed by atoms with Gasteiger partial charge in [0.25, 0.3) is 0 Å². The van der Waals surface area contributed by atoms with Crippen LogP contribution in [0.5, 0.6) is 5.75 Å². The fraction of sp³-hybridized carbons (Fsp3) is 0.533. The van der Waals surface area contributed by atoms with Crippen LogP contribution in [0.3, 0.4) is 0 Å². The normalized spacial score (nSPS) is 19.8. The third-order valence-electron chi connectivity index (χ3n) is 3.81. The minimum absolute atomic E-state index is 0.0825. The Balaban J connectivity index is 2.11. The summed E-state index contributed by atoms with van der Waals surface area (Å²) in [7, 11) is 7.29. The lowest BCUT2D eigenvalue weighted by Crippen LogP contribution is -2.57. The maximum atomic E-state index is 12.2. The van der Waals surface area contributed by atoms with Crippen molar-refractivity contribution in [2.75, 3.05) is 52.8 Å². The van der Waals surface area contributed by atoms with Gasteiger partial charge in [0.05, 0.1) is 7.11 Å². The fourth-order valence-electron chi connectivity index (χ4n) is 2.47. The Labute approximate surface area is 120 Å². The predicted molar refractivity (Wildman–Crippen MR) is 80.3 cm³/mol. The number of carbonyl (C=O) groups is 1. The summed E-state index contributed by atoms with van der Waals surface area (Å²) >= 11 is 0. The number of piperazine rings is 1. The highest BCUT2D eigenvalue weighted by atomic mass is 16.5. The van der Waals surface area contributed by atoms with Crippen LogP contribution in [0.2, 0.25) is 0 Å². The molecule has 5 nitrogen and oxygen atoms in total. The van der Waals surface area contributed by atoms with Gasteiger partial charge in [0.15, 0.2) is 0 Å². The third-order valence-corrected chi connectivity index (χ3v) is 3.81. The molecule has 1 saturated heterocycles. The van der Waals surface area contributed by atoms with Gasteiger partial charge in [0, 0.05) is 39.4 Å². The Hall–Kier alpha value is -1.75. The molecule has 2 rings (SSSR count). The first kappa shape index (κ1) is 14.7. The van der Waals surface area contributed by atoms with E-state index in [0.29, 0.717) is 0 Å². The van der Waals surface area contributed by atoms with Crippen molar-refractivity contribution in [3.63, 3.8) is 0 Å². The van der Waals surface area contributed by atoms with Crippen LogP contribution in [0.4, 0.5) is 5.69 Å². The molecule has 1 aromatic carbocycles. The van der Waals surface area contributed by atoms with Crippen molar-refractivity contribution in [2.24, 2.45) is 0 Å². The Bertz CT molecular complexity index is 459. The van der Waals surface area contributed by atoms with Crippen molar-refractivity contribution >= 4 is 11.6 Å². The Kier molecular flexibility index (Phi) is 4.49. The maximum Gasteiger partial charge on any atom is 0.241 e. The van der Waals surface area contributed by atoms with Gasteiger partial charge < -0.3 is 14.5 Å². The number of hydrogen-bond acceptors (Lipinski definition) is 4. The van der Waals surface area contributed by atoms with Gasteiger partial charge in [-0.05, 0) is 31.3 Å². The van der Waals surface area contributed by atoms with Gasteiger partial charge in [-0.2, -0.15) is 0 Å². The number of amides is 1. The molecule has 0 spiro atoms. The lowest BCUT2D eigenvalue weighted by atomic mass is 10.1. The van der Waals surface area contributed by atoms with Gasteiger partial charge in [0.1, 0.15) is 11.8 Å². The molecule has 5 heteroatoms. The van der Waals surface area contributed by atoms with E-state index in [1.807, 2.05) is 45.4 Å². The smallest absolute Gasteiger partial charge is 0.241 e. The van der Waals surface area contributed by atoms with Crippen molar-refractivity contribution < 1.29 is 9.53 Å². The van der Waals surface area contributed by atoms with Crippen LogP contribution in [0.15, 0.2) is 24.3 Å². The molecule has 1 aliphatic heterocycles. The second kappa shape index (κ2) is 6.13. The van der Waals surface area contributed by atoms with Crippen LogP contribution < -0.4 is 9.64 Å². The van der Waals surface area contributed by atoms with Gasteiger partial charge >= 0.3 is 0 Å². The van der Waals surface area contributed by atoms with E-state index in [4.69, 9.17) is 4.74 Å². The zero-order valence-electron chi connectivity index (χ0n) is 12.7. The molecule has 0 saturated carbocycles. The quantitative estimate of drug-likeness (QED) is 0.822. The molecule has 20 heavy (non-hydrogen) atoms. The Morgan fingerprint density at radius 2 is 1.90 bits per heavy atom. The largest absolute Gasteiger partial charge is 0.497 e.